The average Bonchev–Trinajstić information content (AvgIpc) is 2.31. The first-order chi connectivity index (χ1) is 8.22. The second-order valence-electron chi connectivity index (χ2n) is 5.00. The van der Waals surface area contributed by atoms with Crippen LogP contribution in [0.15, 0.2) is 0 Å². The van der Waals surface area contributed by atoms with Gasteiger partial charge in [-0.2, -0.15) is 0 Å². The van der Waals surface area contributed by atoms with Gasteiger partial charge in [-0.15, -0.1) is 0 Å². The maximum atomic E-state index is 8.92. The molecule has 17 heavy (non-hydrogen) atoms. The molecule has 104 valence electrons. The van der Waals surface area contributed by atoms with E-state index in [0.717, 1.165) is 19.3 Å². The number of unbranched alkanes of at least 4 members (excludes halogenated alkanes) is 8. The highest BCUT2D eigenvalue weighted by Gasteiger charge is 2.11. The SMILES string of the molecule is CCCCCCCCCCCC(CC)N(O)O. The predicted molar refractivity (Wildman–Crippen MR) is 71.3 cm³/mol. The molecule has 0 amide bonds. The predicted octanol–water partition coefficient (Wildman–Crippen LogP) is 4.77. The minimum Gasteiger partial charge on any atom is -0.289 e. The van der Waals surface area contributed by atoms with E-state index in [1.165, 1.54) is 51.4 Å². The van der Waals surface area contributed by atoms with Crippen LogP contribution in [0.2, 0.25) is 0 Å². The molecule has 0 aliphatic heterocycles. The van der Waals surface area contributed by atoms with E-state index >= 15 is 0 Å². The van der Waals surface area contributed by atoms with Gasteiger partial charge in [-0.05, 0) is 12.8 Å². The lowest BCUT2D eigenvalue weighted by Crippen LogP contribution is -2.28. The third-order valence-electron chi connectivity index (χ3n) is 3.44. The molecule has 0 heterocycles. The summed E-state index contributed by atoms with van der Waals surface area (Å²) in [6, 6.07) is -0.0837. The van der Waals surface area contributed by atoms with Crippen LogP contribution < -0.4 is 0 Å². The Kier molecular flexibility index (Phi) is 12.3. The van der Waals surface area contributed by atoms with Crippen LogP contribution in [0, 0.1) is 0 Å². The van der Waals surface area contributed by atoms with Crippen LogP contribution in [-0.4, -0.2) is 21.7 Å². The van der Waals surface area contributed by atoms with Gasteiger partial charge in [0.05, 0.1) is 6.04 Å². The quantitative estimate of drug-likeness (QED) is 0.384. The zero-order chi connectivity index (χ0) is 12.9. The van der Waals surface area contributed by atoms with Crippen molar-refractivity contribution in [2.24, 2.45) is 0 Å². The monoisotopic (exact) mass is 245 g/mol. The largest absolute Gasteiger partial charge is 0.289 e. The van der Waals surface area contributed by atoms with Gasteiger partial charge in [-0.25, -0.2) is 0 Å². The summed E-state index contributed by atoms with van der Waals surface area (Å²) in [6.07, 6.45) is 13.5. The van der Waals surface area contributed by atoms with Crippen LogP contribution in [0.5, 0.6) is 0 Å². The molecule has 3 heteroatoms. The lowest BCUT2D eigenvalue weighted by atomic mass is 10.0. The van der Waals surface area contributed by atoms with Gasteiger partial charge in [0.15, 0.2) is 0 Å². The van der Waals surface area contributed by atoms with Crippen molar-refractivity contribution >= 4 is 0 Å². The van der Waals surface area contributed by atoms with E-state index in [0.29, 0.717) is 5.23 Å². The van der Waals surface area contributed by atoms with E-state index in [2.05, 4.69) is 6.92 Å². The van der Waals surface area contributed by atoms with Crippen LogP contribution in [-0.2, 0) is 0 Å². The number of hydrogen-bond donors (Lipinski definition) is 2. The number of rotatable bonds is 12. The van der Waals surface area contributed by atoms with Crippen molar-refractivity contribution in [3.63, 3.8) is 0 Å². The number of nitrogens with zero attached hydrogens (tertiary/aromatic N) is 1. The molecule has 1 atom stereocenters. The molecule has 2 N–H and O–H groups in total. The molecule has 0 aliphatic carbocycles. The molecule has 0 fully saturated rings. The summed E-state index contributed by atoms with van der Waals surface area (Å²) in [5.41, 5.74) is 0. The number of hydrogen-bond acceptors (Lipinski definition) is 3. The second kappa shape index (κ2) is 12.3. The van der Waals surface area contributed by atoms with Crippen molar-refractivity contribution in [2.75, 3.05) is 0 Å². The van der Waals surface area contributed by atoms with E-state index in [-0.39, 0.29) is 6.04 Å². The fourth-order valence-electron chi connectivity index (χ4n) is 2.17. The first kappa shape index (κ1) is 16.9. The fourth-order valence-corrected chi connectivity index (χ4v) is 2.17. The highest BCUT2D eigenvalue weighted by molar-refractivity contribution is 4.58. The van der Waals surface area contributed by atoms with Crippen molar-refractivity contribution < 1.29 is 10.4 Å². The standard InChI is InChI=1S/C14H31NO2/c1-3-5-6-7-8-9-10-11-12-13-14(4-2)15(16)17/h14,16-17H,3-13H2,1-2H3. The van der Waals surface area contributed by atoms with Crippen LogP contribution >= 0.6 is 0 Å². The Morgan fingerprint density at radius 3 is 1.65 bits per heavy atom. The molecule has 0 aromatic heterocycles. The first-order valence-corrected chi connectivity index (χ1v) is 7.39. The molecule has 0 bridgehead atoms. The Morgan fingerprint density at radius 2 is 1.24 bits per heavy atom. The minimum atomic E-state index is -0.0837. The van der Waals surface area contributed by atoms with Crippen LogP contribution in [0.1, 0.15) is 84.5 Å². The molecule has 0 aliphatic rings. The van der Waals surface area contributed by atoms with Gasteiger partial charge < -0.3 is 0 Å². The van der Waals surface area contributed by atoms with E-state index in [9.17, 15) is 0 Å². The third kappa shape index (κ3) is 10.7. The van der Waals surface area contributed by atoms with Gasteiger partial charge in [-0.3, -0.25) is 10.4 Å². The molecule has 0 aromatic carbocycles. The first-order valence-electron chi connectivity index (χ1n) is 7.39. The van der Waals surface area contributed by atoms with Crippen molar-refractivity contribution in [3.05, 3.63) is 0 Å². The van der Waals surface area contributed by atoms with E-state index < -0.39 is 0 Å². The lowest BCUT2D eigenvalue weighted by Gasteiger charge is -2.18. The van der Waals surface area contributed by atoms with Crippen LogP contribution in [0.3, 0.4) is 0 Å². The van der Waals surface area contributed by atoms with Gasteiger partial charge in [0.2, 0.25) is 0 Å². The number of hydroxylamine groups is 2. The van der Waals surface area contributed by atoms with Crippen molar-refractivity contribution in [1.82, 2.24) is 5.23 Å². The van der Waals surface area contributed by atoms with Crippen molar-refractivity contribution in [2.45, 2.75) is 90.5 Å². The Hall–Kier alpha value is -0.120. The van der Waals surface area contributed by atoms with Gasteiger partial charge in [0.25, 0.3) is 0 Å². The highest BCUT2D eigenvalue weighted by atomic mass is 16.8. The molecular weight excluding hydrogens is 214 g/mol. The summed E-state index contributed by atoms with van der Waals surface area (Å²) in [6.45, 7) is 4.23. The van der Waals surface area contributed by atoms with Gasteiger partial charge in [0, 0.05) is 0 Å². The highest BCUT2D eigenvalue weighted by Crippen LogP contribution is 2.13. The van der Waals surface area contributed by atoms with Gasteiger partial charge in [-0.1, -0.05) is 76.9 Å². The lowest BCUT2D eigenvalue weighted by molar-refractivity contribution is -0.333. The Morgan fingerprint density at radius 1 is 0.765 bits per heavy atom. The zero-order valence-electron chi connectivity index (χ0n) is 11.7. The Labute approximate surface area is 107 Å². The smallest absolute Gasteiger partial charge is 0.0621 e. The molecule has 0 saturated carbocycles. The average molecular weight is 245 g/mol. The van der Waals surface area contributed by atoms with Crippen LogP contribution in [0.25, 0.3) is 0 Å². The molecule has 0 radical (unpaired) electrons. The van der Waals surface area contributed by atoms with Gasteiger partial charge in [0.1, 0.15) is 0 Å². The molecule has 3 nitrogen and oxygen atoms in total. The van der Waals surface area contributed by atoms with E-state index in [4.69, 9.17) is 10.4 Å². The maximum absolute atomic E-state index is 8.92. The third-order valence-corrected chi connectivity index (χ3v) is 3.44. The molecule has 0 spiro atoms. The summed E-state index contributed by atoms with van der Waals surface area (Å²) in [5.74, 6) is 0. The van der Waals surface area contributed by atoms with Gasteiger partial charge >= 0.3 is 0 Å². The summed E-state index contributed by atoms with van der Waals surface area (Å²) in [5, 5.41) is 18.2. The molecular formula is C14H31NO2. The zero-order valence-corrected chi connectivity index (χ0v) is 11.7. The second-order valence-corrected chi connectivity index (χ2v) is 5.00. The van der Waals surface area contributed by atoms with Crippen molar-refractivity contribution in [3.8, 4) is 0 Å². The fraction of sp³-hybridized carbons (Fsp3) is 1.00. The Bertz CT molecular complexity index is 151. The van der Waals surface area contributed by atoms with Crippen LogP contribution in [0.4, 0.5) is 0 Å². The normalized spacial score (nSPS) is 13.2. The summed E-state index contributed by atoms with van der Waals surface area (Å²) >= 11 is 0. The minimum absolute atomic E-state index is 0.0837. The topological polar surface area (TPSA) is 43.7 Å². The van der Waals surface area contributed by atoms with Crippen molar-refractivity contribution in [1.29, 1.82) is 0 Å². The Balaban J connectivity index is 3.17. The molecule has 0 rings (SSSR count). The maximum Gasteiger partial charge on any atom is 0.0621 e. The molecule has 1 unspecified atom stereocenters. The molecule has 0 aromatic rings. The summed E-state index contributed by atoms with van der Waals surface area (Å²) in [4.78, 5) is 0. The summed E-state index contributed by atoms with van der Waals surface area (Å²) in [7, 11) is 0. The molecule has 0 saturated heterocycles. The summed E-state index contributed by atoms with van der Waals surface area (Å²) < 4.78 is 0. The van der Waals surface area contributed by atoms with E-state index in [1.807, 2.05) is 6.92 Å². The van der Waals surface area contributed by atoms with E-state index in [1.54, 1.807) is 0 Å².